The molecule has 1 saturated heterocycles. The fourth-order valence-corrected chi connectivity index (χ4v) is 4.55. The van der Waals surface area contributed by atoms with E-state index in [1.165, 1.54) is 41.3 Å². The van der Waals surface area contributed by atoms with E-state index < -0.39 is 21.7 Å². The average Bonchev–Trinajstić information content (AvgIpc) is 2.93. The van der Waals surface area contributed by atoms with Crippen LogP contribution in [0.5, 0.6) is 0 Å². The van der Waals surface area contributed by atoms with Crippen molar-refractivity contribution >= 4 is 38.9 Å². The zero-order valence-electron chi connectivity index (χ0n) is 14.1. The molecule has 1 aliphatic rings. The molecule has 2 aromatic rings. The van der Waals surface area contributed by atoms with Crippen LogP contribution in [-0.2, 0) is 14.8 Å². The molecule has 0 aromatic heterocycles. The number of nitrogens with zero attached hydrogens (tertiary/aromatic N) is 2. The molecule has 138 valence electrons. The highest BCUT2D eigenvalue weighted by Gasteiger charge is 2.34. The second kappa shape index (κ2) is 7.89. The first-order valence-electron chi connectivity index (χ1n) is 7.89. The Bertz CT molecular complexity index is 1050. The van der Waals surface area contributed by atoms with Gasteiger partial charge in [0, 0.05) is 12.1 Å². The first-order valence-corrected chi connectivity index (χ1v) is 10.1. The van der Waals surface area contributed by atoms with E-state index in [0.717, 1.165) is 11.8 Å². The number of sulfonamides is 1. The first-order chi connectivity index (χ1) is 12.9. The molecule has 8 heteroatoms. The molecule has 1 heterocycles. The molecule has 0 atom stereocenters. The zero-order valence-corrected chi connectivity index (χ0v) is 15.7. The highest BCUT2D eigenvalue weighted by atomic mass is 32.2. The molecular formula is C19H15FN2O3S2. The Labute approximate surface area is 161 Å². The predicted molar refractivity (Wildman–Crippen MR) is 105 cm³/mol. The van der Waals surface area contributed by atoms with Crippen molar-refractivity contribution in [1.29, 1.82) is 0 Å². The van der Waals surface area contributed by atoms with E-state index in [-0.39, 0.29) is 27.1 Å². The van der Waals surface area contributed by atoms with Gasteiger partial charge in [-0.25, -0.2) is 4.39 Å². The number of hydrogen-bond acceptors (Lipinski definition) is 4. The number of halogens is 1. The van der Waals surface area contributed by atoms with E-state index in [0.29, 0.717) is 0 Å². The minimum atomic E-state index is -3.99. The number of amides is 1. The van der Waals surface area contributed by atoms with Crippen LogP contribution < -0.4 is 0 Å². The SMILES string of the molecule is C=CCN1C(=O)/C(=C\c2ccccc2F)S/C1=N\S(=O)(=O)c1ccccc1. The lowest BCUT2D eigenvalue weighted by atomic mass is 10.2. The maximum Gasteiger partial charge on any atom is 0.284 e. The quantitative estimate of drug-likeness (QED) is 0.565. The molecule has 0 bridgehead atoms. The number of thioether (sulfide) groups is 1. The first kappa shape index (κ1) is 19.1. The van der Waals surface area contributed by atoms with Crippen LogP contribution in [0.1, 0.15) is 5.56 Å². The molecule has 0 spiro atoms. The van der Waals surface area contributed by atoms with Crippen LogP contribution in [-0.4, -0.2) is 30.9 Å². The Balaban J connectivity index is 2.01. The molecule has 0 N–H and O–H groups in total. The van der Waals surface area contributed by atoms with Crippen LogP contribution in [0.2, 0.25) is 0 Å². The third-order valence-electron chi connectivity index (χ3n) is 3.63. The van der Waals surface area contributed by atoms with Gasteiger partial charge in [-0.3, -0.25) is 9.69 Å². The summed E-state index contributed by atoms with van der Waals surface area (Å²) in [4.78, 5) is 14.0. The third-order valence-corrected chi connectivity index (χ3v) is 6.03. The van der Waals surface area contributed by atoms with Crippen molar-refractivity contribution in [2.75, 3.05) is 6.54 Å². The smallest absolute Gasteiger partial charge is 0.282 e. The summed E-state index contributed by atoms with van der Waals surface area (Å²) < 4.78 is 42.7. The van der Waals surface area contributed by atoms with Gasteiger partial charge in [-0.05, 0) is 36.0 Å². The van der Waals surface area contributed by atoms with Gasteiger partial charge in [0.2, 0.25) is 0 Å². The fraction of sp³-hybridized carbons (Fsp3) is 0.0526. The van der Waals surface area contributed by atoms with E-state index in [2.05, 4.69) is 11.0 Å². The molecule has 0 aliphatic carbocycles. The van der Waals surface area contributed by atoms with Gasteiger partial charge < -0.3 is 0 Å². The highest BCUT2D eigenvalue weighted by molar-refractivity contribution is 8.19. The predicted octanol–water partition coefficient (Wildman–Crippen LogP) is 3.67. The number of amidine groups is 1. The van der Waals surface area contributed by atoms with Gasteiger partial charge in [-0.2, -0.15) is 8.42 Å². The van der Waals surface area contributed by atoms with Crippen LogP contribution in [0.4, 0.5) is 4.39 Å². The highest BCUT2D eigenvalue weighted by Crippen LogP contribution is 2.34. The number of carbonyl (C=O) groups is 1. The Morgan fingerprint density at radius 1 is 1.11 bits per heavy atom. The number of hydrogen-bond donors (Lipinski definition) is 0. The maximum atomic E-state index is 13.9. The molecule has 1 amide bonds. The summed E-state index contributed by atoms with van der Waals surface area (Å²) in [5.74, 6) is -0.930. The minimum absolute atomic E-state index is 0.00587. The van der Waals surface area contributed by atoms with Crippen LogP contribution >= 0.6 is 11.8 Å². The normalized spacial score (nSPS) is 17.7. The standard InChI is InChI=1S/C19H15FN2O3S2/c1-2-12-22-18(23)17(13-14-8-6-7-11-16(14)20)26-19(22)21-27(24,25)15-9-4-3-5-10-15/h2-11,13H,1,12H2/b17-13+,21-19-. The van der Waals surface area contributed by atoms with E-state index in [1.807, 2.05) is 0 Å². The van der Waals surface area contributed by atoms with Gasteiger partial charge in [0.1, 0.15) is 5.82 Å². The summed E-state index contributed by atoms with van der Waals surface area (Å²) in [6.07, 6.45) is 2.85. The second-order valence-electron chi connectivity index (χ2n) is 5.50. The summed E-state index contributed by atoms with van der Waals surface area (Å²) >= 11 is 0.886. The van der Waals surface area contributed by atoms with Crippen molar-refractivity contribution in [3.8, 4) is 0 Å². The number of carbonyl (C=O) groups excluding carboxylic acids is 1. The zero-order chi connectivity index (χ0) is 19.4. The van der Waals surface area contributed by atoms with Gasteiger partial charge in [0.15, 0.2) is 5.17 Å². The fourth-order valence-electron chi connectivity index (χ4n) is 2.35. The molecule has 27 heavy (non-hydrogen) atoms. The van der Waals surface area contributed by atoms with Crippen molar-refractivity contribution in [1.82, 2.24) is 4.90 Å². The van der Waals surface area contributed by atoms with Crippen LogP contribution in [0.3, 0.4) is 0 Å². The monoisotopic (exact) mass is 402 g/mol. The topological polar surface area (TPSA) is 66.8 Å². The lowest BCUT2D eigenvalue weighted by Gasteiger charge is -2.12. The maximum absolute atomic E-state index is 13.9. The van der Waals surface area contributed by atoms with Crippen molar-refractivity contribution in [3.63, 3.8) is 0 Å². The molecule has 2 aromatic carbocycles. The van der Waals surface area contributed by atoms with Gasteiger partial charge >= 0.3 is 0 Å². The van der Waals surface area contributed by atoms with E-state index in [4.69, 9.17) is 0 Å². The summed E-state index contributed by atoms with van der Waals surface area (Å²) in [5.41, 5.74) is 0.235. The molecule has 1 fully saturated rings. The molecule has 1 aliphatic heterocycles. The molecule has 0 radical (unpaired) electrons. The lowest BCUT2D eigenvalue weighted by molar-refractivity contribution is -0.121. The largest absolute Gasteiger partial charge is 0.284 e. The Morgan fingerprint density at radius 3 is 2.44 bits per heavy atom. The van der Waals surface area contributed by atoms with Crippen LogP contribution in [0.15, 0.2) is 81.5 Å². The van der Waals surface area contributed by atoms with Crippen molar-refractivity contribution in [2.24, 2.45) is 4.40 Å². The summed E-state index contributed by atoms with van der Waals surface area (Å²) in [7, 11) is -3.99. The summed E-state index contributed by atoms with van der Waals surface area (Å²) in [6.45, 7) is 3.67. The lowest BCUT2D eigenvalue weighted by Crippen LogP contribution is -2.29. The second-order valence-corrected chi connectivity index (χ2v) is 8.11. The average molecular weight is 402 g/mol. The van der Waals surface area contributed by atoms with E-state index >= 15 is 0 Å². The summed E-state index contributed by atoms with van der Waals surface area (Å²) in [6, 6.07) is 13.7. The van der Waals surface area contributed by atoms with Crippen LogP contribution in [0, 0.1) is 5.82 Å². The molecular weight excluding hydrogens is 387 g/mol. The Hall–Kier alpha value is -2.71. The Kier molecular flexibility index (Phi) is 5.57. The van der Waals surface area contributed by atoms with Crippen molar-refractivity contribution in [3.05, 3.63) is 83.5 Å². The summed E-state index contributed by atoms with van der Waals surface area (Å²) in [5, 5.41) is 0.00587. The molecule has 5 nitrogen and oxygen atoms in total. The third kappa shape index (κ3) is 4.17. The van der Waals surface area contributed by atoms with Crippen molar-refractivity contribution in [2.45, 2.75) is 4.90 Å². The minimum Gasteiger partial charge on any atom is -0.282 e. The molecule has 0 unspecified atom stereocenters. The molecule has 0 saturated carbocycles. The number of rotatable bonds is 5. The van der Waals surface area contributed by atoms with E-state index in [9.17, 15) is 17.6 Å². The number of benzene rings is 2. The van der Waals surface area contributed by atoms with Gasteiger partial charge in [-0.15, -0.1) is 11.0 Å². The Morgan fingerprint density at radius 2 is 1.78 bits per heavy atom. The van der Waals surface area contributed by atoms with Gasteiger partial charge in [0.25, 0.3) is 15.9 Å². The molecule has 3 rings (SSSR count). The van der Waals surface area contributed by atoms with Gasteiger partial charge in [0.05, 0.1) is 9.80 Å². The van der Waals surface area contributed by atoms with Gasteiger partial charge in [-0.1, -0.05) is 42.5 Å². The van der Waals surface area contributed by atoms with Crippen LogP contribution in [0.25, 0.3) is 6.08 Å². The van der Waals surface area contributed by atoms with Crippen molar-refractivity contribution < 1.29 is 17.6 Å². The van der Waals surface area contributed by atoms with E-state index in [1.54, 1.807) is 30.3 Å².